The molecule has 1 aliphatic heterocycles. The largest absolute Gasteiger partial charge is 0.449 e. The standard InChI is InChI=1S/C24H24N2O3/c1-2-17-11-13-26(14-12-17)23(27)15-25-24(28)29-16-22-20-9-5-3-7-18(20)19-8-4-6-10-21(19)22/h1,3-10,17,22H,11-16H2,(H,25,28). The van der Waals surface area contributed by atoms with E-state index in [1.165, 1.54) is 11.1 Å². The van der Waals surface area contributed by atoms with Crippen LogP contribution >= 0.6 is 0 Å². The highest BCUT2D eigenvalue weighted by molar-refractivity contribution is 5.82. The molecule has 0 spiro atoms. The van der Waals surface area contributed by atoms with Crippen molar-refractivity contribution < 1.29 is 14.3 Å². The number of rotatable bonds is 4. The zero-order chi connectivity index (χ0) is 20.2. The van der Waals surface area contributed by atoms with Crippen LogP contribution in [0, 0.1) is 18.3 Å². The van der Waals surface area contributed by atoms with Crippen LogP contribution in [0.3, 0.4) is 0 Å². The van der Waals surface area contributed by atoms with Crippen LogP contribution in [-0.4, -0.2) is 43.1 Å². The number of likely N-dealkylation sites (tertiary alicyclic amines) is 1. The molecule has 0 bridgehead atoms. The Kier molecular flexibility index (Phi) is 5.53. The number of terminal acetylenes is 1. The van der Waals surface area contributed by atoms with Crippen molar-refractivity contribution in [2.45, 2.75) is 18.8 Å². The number of amides is 2. The summed E-state index contributed by atoms with van der Waals surface area (Å²) in [5.41, 5.74) is 4.69. The van der Waals surface area contributed by atoms with Gasteiger partial charge >= 0.3 is 6.09 Å². The molecular weight excluding hydrogens is 364 g/mol. The molecule has 0 unspecified atom stereocenters. The fourth-order valence-corrected chi connectivity index (χ4v) is 4.20. The van der Waals surface area contributed by atoms with Gasteiger partial charge in [0.15, 0.2) is 0 Å². The highest BCUT2D eigenvalue weighted by Gasteiger charge is 2.29. The van der Waals surface area contributed by atoms with E-state index in [0.717, 1.165) is 24.0 Å². The minimum Gasteiger partial charge on any atom is -0.449 e. The number of carbonyl (C=O) groups is 2. The normalized spacial score (nSPS) is 15.9. The van der Waals surface area contributed by atoms with E-state index < -0.39 is 6.09 Å². The lowest BCUT2D eigenvalue weighted by Gasteiger charge is -2.29. The number of fused-ring (bicyclic) bond motifs is 3. The first kappa shape index (κ1) is 19.1. The predicted molar refractivity (Wildman–Crippen MR) is 111 cm³/mol. The zero-order valence-corrected chi connectivity index (χ0v) is 16.3. The molecule has 1 heterocycles. The van der Waals surface area contributed by atoms with Gasteiger partial charge in [-0.05, 0) is 35.1 Å². The molecular formula is C24H24N2O3. The third kappa shape index (κ3) is 3.97. The maximum atomic E-state index is 12.3. The average Bonchev–Trinajstić information content (AvgIpc) is 3.10. The zero-order valence-electron chi connectivity index (χ0n) is 16.3. The number of carbonyl (C=O) groups excluding carboxylic acids is 2. The van der Waals surface area contributed by atoms with Gasteiger partial charge in [0.2, 0.25) is 5.91 Å². The van der Waals surface area contributed by atoms with Gasteiger partial charge < -0.3 is 15.0 Å². The van der Waals surface area contributed by atoms with Crippen LogP contribution in [0.15, 0.2) is 48.5 Å². The van der Waals surface area contributed by atoms with Crippen LogP contribution < -0.4 is 5.32 Å². The van der Waals surface area contributed by atoms with Gasteiger partial charge in [-0.15, -0.1) is 12.3 Å². The van der Waals surface area contributed by atoms with Crippen LogP contribution in [0.25, 0.3) is 11.1 Å². The van der Waals surface area contributed by atoms with E-state index in [9.17, 15) is 9.59 Å². The van der Waals surface area contributed by atoms with E-state index in [0.29, 0.717) is 13.1 Å². The number of benzene rings is 2. The number of hydrogen-bond acceptors (Lipinski definition) is 3. The number of hydrogen-bond donors (Lipinski definition) is 1. The lowest BCUT2D eigenvalue weighted by molar-refractivity contribution is -0.131. The quantitative estimate of drug-likeness (QED) is 0.817. The summed E-state index contributed by atoms with van der Waals surface area (Å²) in [4.78, 5) is 26.2. The van der Waals surface area contributed by atoms with Crippen LogP contribution in [0.5, 0.6) is 0 Å². The van der Waals surface area contributed by atoms with Gasteiger partial charge in [0, 0.05) is 24.9 Å². The van der Waals surface area contributed by atoms with E-state index in [1.54, 1.807) is 4.90 Å². The molecule has 2 amide bonds. The molecule has 1 aliphatic carbocycles. The Morgan fingerprint density at radius 2 is 1.62 bits per heavy atom. The van der Waals surface area contributed by atoms with Gasteiger partial charge in [-0.2, -0.15) is 0 Å². The van der Waals surface area contributed by atoms with Gasteiger partial charge in [0.1, 0.15) is 13.2 Å². The molecule has 0 atom stereocenters. The van der Waals surface area contributed by atoms with Crippen LogP contribution in [0.2, 0.25) is 0 Å². The summed E-state index contributed by atoms with van der Waals surface area (Å²) >= 11 is 0. The minimum absolute atomic E-state index is 0.00615. The Morgan fingerprint density at radius 3 is 2.21 bits per heavy atom. The molecule has 5 nitrogen and oxygen atoms in total. The summed E-state index contributed by atoms with van der Waals surface area (Å²) in [7, 11) is 0. The third-order valence-corrected chi connectivity index (χ3v) is 5.81. The van der Waals surface area contributed by atoms with E-state index in [2.05, 4.69) is 35.5 Å². The van der Waals surface area contributed by atoms with Crippen molar-refractivity contribution in [2.24, 2.45) is 5.92 Å². The van der Waals surface area contributed by atoms with Gasteiger partial charge in [-0.25, -0.2) is 4.79 Å². The molecule has 0 radical (unpaired) electrons. The summed E-state index contributed by atoms with van der Waals surface area (Å²) in [6.07, 6.45) is 6.50. The smallest absolute Gasteiger partial charge is 0.407 e. The van der Waals surface area contributed by atoms with E-state index in [1.807, 2.05) is 24.3 Å². The summed E-state index contributed by atoms with van der Waals surface area (Å²) in [5, 5.41) is 2.58. The molecule has 0 aromatic heterocycles. The number of ether oxygens (including phenoxy) is 1. The number of nitrogens with zero attached hydrogens (tertiary/aromatic N) is 1. The summed E-state index contributed by atoms with van der Waals surface area (Å²) in [5.74, 6) is 2.89. The molecule has 2 aromatic carbocycles. The Hall–Kier alpha value is -3.26. The summed E-state index contributed by atoms with van der Waals surface area (Å²) < 4.78 is 5.46. The van der Waals surface area contributed by atoms with Crippen molar-refractivity contribution in [2.75, 3.05) is 26.2 Å². The fourth-order valence-electron chi connectivity index (χ4n) is 4.20. The Labute approximate surface area is 171 Å². The summed E-state index contributed by atoms with van der Waals surface area (Å²) in [6.45, 7) is 1.46. The van der Waals surface area contributed by atoms with Crippen LogP contribution in [0.1, 0.15) is 29.9 Å². The summed E-state index contributed by atoms with van der Waals surface area (Å²) in [6, 6.07) is 16.4. The first-order chi connectivity index (χ1) is 14.2. The topological polar surface area (TPSA) is 58.6 Å². The van der Waals surface area contributed by atoms with Gasteiger partial charge in [-0.3, -0.25) is 4.79 Å². The molecule has 2 aromatic rings. The lowest BCUT2D eigenvalue weighted by Crippen LogP contribution is -2.44. The Bertz CT molecular complexity index is 909. The van der Waals surface area contributed by atoms with E-state index in [-0.39, 0.29) is 30.9 Å². The van der Waals surface area contributed by atoms with Crippen LogP contribution in [-0.2, 0) is 9.53 Å². The van der Waals surface area contributed by atoms with E-state index >= 15 is 0 Å². The molecule has 148 valence electrons. The maximum Gasteiger partial charge on any atom is 0.407 e. The van der Waals surface area contributed by atoms with Crippen molar-refractivity contribution in [3.05, 3.63) is 59.7 Å². The maximum absolute atomic E-state index is 12.3. The second kappa shape index (κ2) is 8.40. The second-order valence-electron chi connectivity index (χ2n) is 7.50. The number of piperidine rings is 1. The average molecular weight is 388 g/mol. The Balaban J connectivity index is 1.30. The molecule has 4 rings (SSSR count). The van der Waals surface area contributed by atoms with Crippen LogP contribution in [0.4, 0.5) is 4.79 Å². The molecule has 2 aliphatic rings. The van der Waals surface area contributed by atoms with Gasteiger partial charge in [-0.1, -0.05) is 48.5 Å². The molecule has 0 saturated carbocycles. The Morgan fingerprint density at radius 1 is 1.03 bits per heavy atom. The number of alkyl carbamates (subject to hydrolysis) is 1. The minimum atomic E-state index is -0.571. The van der Waals surface area contributed by atoms with E-state index in [4.69, 9.17) is 11.2 Å². The highest BCUT2D eigenvalue weighted by Crippen LogP contribution is 2.44. The predicted octanol–water partition coefficient (Wildman–Crippen LogP) is 3.40. The first-order valence-electron chi connectivity index (χ1n) is 10.00. The van der Waals surface area contributed by atoms with Gasteiger partial charge in [0.25, 0.3) is 0 Å². The number of nitrogens with one attached hydrogen (secondary N) is 1. The second-order valence-corrected chi connectivity index (χ2v) is 7.50. The van der Waals surface area contributed by atoms with Gasteiger partial charge in [0.05, 0.1) is 0 Å². The van der Waals surface area contributed by atoms with Crippen molar-refractivity contribution in [3.8, 4) is 23.5 Å². The van der Waals surface area contributed by atoms with Crippen molar-refractivity contribution in [1.82, 2.24) is 10.2 Å². The monoisotopic (exact) mass is 388 g/mol. The van der Waals surface area contributed by atoms with Crippen molar-refractivity contribution in [1.29, 1.82) is 0 Å². The molecule has 29 heavy (non-hydrogen) atoms. The first-order valence-corrected chi connectivity index (χ1v) is 10.00. The van der Waals surface area contributed by atoms with Crippen molar-refractivity contribution in [3.63, 3.8) is 0 Å². The molecule has 1 fully saturated rings. The molecule has 1 N–H and O–H groups in total. The lowest BCUT2D eigenvalue weighted by atomic mass is 9.98. The third-order valence-electron chi connectivity index (χ3n) is 5.81. The SMILES string of the molecule is C#CC1CCN(C(=O)CNC(=O)OCC2c3ccccc3-c3ccccc32)CC1. The fraction of sp³-hybridized carbons (Fsp3) is 0.333. The molecule has 5 heteroatoms. The molecule has 1 saturated heterocycles. The highest BCUT2D eigenvalue weighted by atomic mass is 16.5. The van der Waals surface area contributed by atoms with Crippen molar-refractivity contribution >= 4 is 12.0 Å².